The van der Waals surface area contributed by atoms with Crippen LogP contribution in [0.2, 0.25) is 0 Å². The van der Waals surface area contributed by atoms with Gasteiger partial charge in [-0.2, -0.15) is 0 Å². The Morgan fingerprint density at radius 3 is 2.19 bits per heavy atom. The summed E-state index contributed by atoms with van der Waals surface area (Å²) >= 11 is 0. The number of benzene rings is 2. The molecule has 0 aliphatic carbocycles. The predicted molar refractivity (Wildman–Crippen MR) is 107 cm³/mol. The average molecular weight is 368 g/mol. The molecule has 0 saturated carbocycles. The van der Waals surface area contributed by atoms with Crippen LogP contribution in [0.15, 0.2) is 54.6 Å². The second-order valence-corrected chi connectivity index (χ2v) is 6.32. The third-order valence-electron chi connectivity index (χ3n) is 4.56. The molecule has 2 rings (SSSR count). The molecule has 0 bridgehead atoms. The van der Waals surface area contributed by atoms with Gasteiger partial charge in [-0.3, -0.25) is 14.5 Å². The van der Waals surface area contributed by atoms with Gasteiger partial charge in [-0.1, -0.05) is 44.2 Å². The summed E-state index contributed by atoms with van der Waals surface area (Å²) in [6.45, 7) is 8.04. The maximum absolute atomic E-state index is 12.2. The van der Waals surface area contributed by atoms with Gasteiger partial charge in [0.2, 0.25) is 0 Å². The minimum absolute atomic E-state index is 0.00245. The molecule has 0 radical (unpaired) electrons. The van der Waals surface area contributed by atoms with Gasteiger partial charge in [0.15, 0.2) is 12.4 Å². The maximum Gasteiger partial charge on any atom is 0.258 e. The van der Waals surface area contributed by atoms with Crippen molar-refractivity contribution in [3.63, 3.8) is 0 Å². The smallest absolute Gasteiger partial charge is 0.258 e. The fraction of sp³-hybridized carbons (Fsp3) is 0.364. The topological polar surface area (TPSA) is 58.6 Å². The number of nitrogens with zero attached hydrogens (tertiary/aromatic N) is 1. The molecule has 5 nitrogen and oxygen atoms in total. The van der Waals surface area contributed by atoms with Gasteiger partial charge in [0.05, 0.1) is 6.04 Å². The molecule has 2 aromatic rings. The lowest BCUT2D eigenvalue weighted by molar-refractivity contribution is -0.123. The van der Waals surface area contributed by atoms with Crippen LogP contribution < -0.4 is 10.1 Å². The Morgan fingerprint density at radius 2 is 1.63 bits per heavy atom. The van der Waals surface area contributed by atoms with Crippen molar-refractivity contribution < 1.29 is 14.3 Å². The first-order chi connectivity index (χ1) is 13.0. The molecular weight excluding hydrogens is 340 g/mol. The Bertz CT molecular complexity index is 725. The van der Waals surface area contributed by atoms with Gasteiger partial charge in [-0.25, -0.2) is 0 Å². The second-order valence-electron chi connectivity index (χ2n) is 6.32. The van der Waals surface area contributed by atoms with Crippen molar-refractivity contribution >= 4 is 11.7 Å². The van der Waals surface area contributed by atoms with Crippen LogP contribution in [0.25, 0.3) is 0 Å². The molecule has 1 N–H and O–H groups in total. The fourth-order valence-electron chi connectivity index (χ4n) is 2.99. The first-order valence-electron chi connectivity index (χ1n) is 9.34. The lowest BCUT2D eigenvalue weighted by Gasteiger charge is -2.30. The molecule has 0 aliphatic heterocycles. The number of Topliss-reactive ketones (excluding diaryl/α,β-unsaturated/α-hetero) is 1. The van der Waals surface area contributed by atoms with E-state index in [9.17, 15) is 9.59 Å². The molecule has 1 amide bonds. The van der Waals surface area contributed by atoms with Crippen LogP contribution in [0.4, 0.5) is 0 Å². The Balaban J connectivity index is 1.90. The molecule has 0 saturated heterocycles. The van der Waals surface area contributed by atoms with Crippen molar-refractivity contribution in [2.24, 2.45) is 0 Å². The Morgan fingerprint density at radius 1 is 1.00 bits per heavy atom. The Hall–Kier alpha value is -2.66. The lowest BCUT2D eigenvalue weighted by Crippen LogP contribution is -2.39. The van der Waals surface area contributed by atoms with E-state index in [-0.39, 0.29) is 24.3 Å². The number of rotatable bonds is 10. The Kier molecular flexibility index (Phi) is 8.01. The number of likely N-dealkylation sites (N-methyl/N-ethyl adjacent to an activating group) is 1. The highest BCUT2D eigenvalue weighted by Gasteiger charge is 2.18. The van der Waals surface area contributed by atoms with E-state index >= 15 is 0 Å². The van der Waals surface area contributed by atoms with Crippen LogP contribution in [0, 0.1) is 0 Å². The van der Waals surface area contributed by atoms with Gasteiger partial charge in [-0.15, -0.1) is 0 Å². The number of ether oxygens (including phenoxy) is 1. The van der Waals surface area contributed by atoms with E-state index < -0.39 is 0 Å². The second kappa shape index (κ2) is 10.5. The summed E-state index contributed by atoms with van der Waals surface area (Å²) < 4.78 is 5.52. The van der Waals surface area contributed by atoms with Gasteiger partial charge in [-0.05, 0) is 49.8 Å². The summed E-state index contributed by atoms with van der Waals surface area (Å²) in [6, 6.07) is 17.1. The largest absolute Gasteiger partial charge is 0.484 e. The highest BCUT2D eigenvalue weighted by Crippen LogP contribution is 2.19. The number of carbonyl (C=O) groups is 2. The van der Waals surface area contributed by atoms with E-state index in [0.717, 1.165) is 13.1 Å². The number of hydrogen-bond donors (Lipinski definition) is 1. The van der Waals surface area contributed by atoms with Gasteiger partial charge in [0, 0.05) is 12.1 Å². The summed E-state index contributed by atoms with van der Waals surface area (Å²) in [4.78, 5) is 25.8. The number of nitrogens with one attached hydrogen (secondary N) is 1. The van der Waals surface area contributed by atoms with Crippen LogP contribution in [0.5, 0.6) is 5.75 Å². The predicted octanol–water partition coefficient (Wildman–Crippen LogP) is 3.47. The van der Waals surface area contributed by atoms with Crippen LogP contribution in [0.1, 0.15) is 42.7 Å². The third kappa shape index (κ3) is 6.22. The SMILES string of the molecule is CCN(CC)C(CNC(=O)COc1ccc(C(C)=O)cc1)c1ccccc1. The standard InChI is InChI=1S/C22H28N2O3/c1-4-24(5-2)21(19-9-7-6-8-10-19)15-23-22(26)16-27-20-13-11-18(12-14-20)17(3)25/h6-14,21H,4-5,15-16H2,1-3H3,(H,23,26). The zero-order chi connectivity index (χ0) is 19.6. The summed E-state index contributed by atoms with van der Waals surface area (Å²) in [5.41, 5.74) is 1.80. The third-order valence-corrected chi connectivity index (χ3v) is 4.56. The summed E-state index contributed by atoms with van der Waals surface area (Å²) in [5, 5.41) is 2.97. The highest BCUT2D eigenvalue weighted by molar-refractivity contribution is 5.94. The van der Waals surface area contributed by atoms with Crippen LogP contribution in [-0.2, 0) is 4.79 Å². The van der Waals surface area contributed by atoms with Crippen molar-refractivity contribution in [1.82, 2.24) is 10.2 Å². The van der Waals surface area contributed by atoms with Gasteiger partial charge in [0.25, 0.3) is 5.91 Å². The van der Waals surface area contributed by atoms with Crippen LogP contribution >= 0.6 is 0 Å². The van der Waals surface area contributed by atoms with E-state index in [2.05, 4.69) is 36.2 Å². The van der Waals surface area contributed by atoms with Crippen LogP contribution in [0.3, 0.4) is 0 Å². The van der Waals surface area contributed by atoms with Crippen molar-refractivity contribution in [1.29, 1.82) is 0 Å². The minimum Gasteiger partial charge on any atom is -0.484 e. The van der Waals surface area contributed by atoms with Crippen molar-refractivity contribution in [2.45, 2.75) is 26.8 Å². The van der Waals surface area contributed by atoms with Crippen molar-refractivity contribution in [3.8, 4) is 5.75 Å². The molecule has 27 heavy (non-hydrogen) atoms. The highest BCUT2D eigenvalue weighted by atomic mass is 16.5. The quantitative estimate of drug-likeness (QED) is 0.653. The summed E-state index contributed by atoms with van der Waals surface area (Å²) in [6.07, 6.45) is 0. The van der Waals surface area contributed by atoms with Crippen LogP contribution in [-0.4, -0.2) is 42.8 Å². The molecule has 144 valence electrons. The van der Waals surface area contributed by atoms with E-state index in [1.807, 2.05) is 18.2 Å². The molecule has 0 aliphatic rings. The van der Waals surface area contributed by atoms with Gasteiger partial charge in [0.1, 0.15) is 5.75 Å². The molecule has 2 aromatic carbocycles. The molecule has 0 spiro atoms. The normalized spacial score (nSPS) is 11.9. The van der Waals surface area contributed by atoms with Crippen molar-refractivity contribution in [2.75, 3.05) is 26.2 Å². The minimum atomic E-state index is -0.168. The zero-order valence-corrected chi connectivity index (χ0v) is 16.3. The zero-order valence-electron chi connectivity index (χ0n) is 16.3. The fourth-order valence-corrected chi connectivity index (χ4v) is 2.99. The average Bonchev–Trinajstić information content (AvgIpc) is 2.70. The first kappa shape index (κ1) is 20.6. The van der Waals surface area contributed by atoms with E-state index in [0.29, 0.717) is 17.9 Å². The molecule has 1 atom stereocenters. The molecule has 5 heteroatoms. The molecule has 0 heterocycles. The van der Waals surface area contributed by atoms with Gasteiger partial charge < -0.3 is 10.1 Å². The van der Waals surface area contributed by atoms with E-state index in [4.69, 9.17) is 4.74 Å². The first-order valence-corrected chi connectivity index (χ1v) is 9.34. The van der Waals surface area contributed by atoms with Crippen molar-refractivity contribution in [3.05, 3.63) is 65.7 Å². The monoisotopic (exact) mass is 368 g/mol. The molecule has 0 fully saturated rings. The maximum atomic E-state index is 12.2. The lowest BCUT2D eigenvalue weighted by atomic mass is 10.1. The number of amides is 1. The molecule has 1 unspecified atom stereocenters. The number of carbonyl (C=O) groups excluding carboxylic acids is 2. The number of hydrogen-bond acceptors (Lipinski definition) is 4. The van der Waals surface area contributed by atoms with Gasteiger partial charge >= 0.3 is 0 Å². The van der Waals surface area contributed by atoms with E-state index in [1.54, 1.807) is 24.3 Å². The summed E-state index contributed by atoms with van der Waals surface area (Å²) in [5.74, 6) is 0.403. The number of ketones is 1. The van der Waals surface area contributed by atoms with E-state index in [1.165, 1.54) is 12.5 Å². The summed E-state index contributed by atoms with van der Waals surface area (Å²) in [7, 11) is 0. The molecule has 0 aromatic heterocycles. The Labute approximate surface area is 161 Å². The molecular formula is C22H28N2O3.